The molecular weight excluding hydrogens is 617 g/mol. The zero-order valence-electron chi connectivity index (χ0n) is 23.4. The number of carbonyl (C=O) groups excluding carboxylic acids is 1. The van der Waals surface area contributed by atoms with Gasteiger partial charge in [0.1, 0.15) is 9.24 Å². The van der Waals surface area contributed by atoms with Crippen LogP contribution in [0, 0.1) is 0 Å². The first-order valence-corrected chi connectivity index (χ1v) is 16.2. The maximum Gasteiger partial charge on any atom is 0.272 e. The zero-order valence-corrected chi connectivity index (χ0v) is 25.9. The number of thiophene rings is 1. The fourth-order valence-corrected chi connectivity index (χ4v) is 6.59. The molecule has 13 nitrogen and oxygen atoms in total. The number of nitrogens with one attached hydrogen (secondary N) is 2. The summed E-state index contributed by atoms with van der Waals surface area (Å²) in [4.78, 5) is 30.8. The van der Waals surface area contributed by atoms with Crippen LogP contribution in [0.25, 0.3) is 11.6 Å². The Labute approximate surface area is 256 Å². The van der Waals surface area contributed by atoms with Crippen LogP contribution in [-0.2, 0) is 14.8 Å². The Morgan fingerprint density at radius 2 is 1.77 bits per heavy atom. The third-order valence-corrected chi connectivity index (χ3v) is 9.81. The third kappa shape index (κ3) is 8.39. The molecule has 1 aromatic carbocycles. The van der Waals surface area contributed by atoms with Gasteiger partial charge in [0.15, 0.2) is 23.1 Å². The van der Waals surface area contributed by atoms with Gasteiger partial charge in [0.05, 0.1) is 25.6 Å². The van der Waals surface area contributed by atoms with Crippen molar-refractivity contribution in [2.45, 2.75) is 35.1 Å². The van der Waals surface area contributed by atoms with Gasteiger partial charge in [-0.05, 0) is 36.2 Å². The Hall–Kier alpha value is -3.83. The minimum Gasteiger partial charge on any atom is -0.493 e. The molecule has 0 spiro atoms. The van der Waals surface area contributed by atoms with Crippen LogP contribution in [0.1, 0.15) is 24.6 Å². The largest absolute Gasteiger partial charge is 0.493 e. The second kappa shape index (κ2) is 14.6. The fourth-order valence-electron chi connectivity index (χ4n) is 3.46. The van der Waals surface area contributed by atoms with Gasteiger partial charge in [-0.25, -0.2) is 28.4 Å². The average molecular weight is 647 g/mol. The average Bonchev–Trinajstić information content (AvgIpc) is 3.52. The van der Waals surface area contributed by atoms with Gasteiger partial charge in [-0.3, -0.25) is 9.52 Å². The Kier molecular flexibility index (Phi) is 10.9. The number of sulfonamides is 1. The predicted octanol–water partition coefficient (Wildman–Crippen LogP) is 3.28. The number of aliphatic hydroxyl groups is 2. The second-order valence-electron chi connectivity index (χ2n) is 9.20. The van der Waals surface area contributed by atoms with Gasteiger partial charge in [-0.2, -0.15) is 0 Å². The maximum atomic E-state index is 13.6. The molecule has 0 radical (unpaired) electrons. The van der Waals surface area contributed by atoms with Crippen LogP contribution in [0.15, 0.2) is 64.1 Å². The van der Waals surface area contributed by atoms with Gasteiger partial charge in [-0.15, -0.1) is 11.3 Å². The highest BCUT2D eigenvalue weighted by Gasteiger charge is 2.27. The first-order chi connectivity index (χ1) is 20.6. The van der Waals surface area contributed by atoms with Crippen molar-refractivity contribution in [3.63, 3.8) is 0 Å². The molecule has 0 saturated carbocycles. The number of thioether (sulfide) groups is 1. The summed E-state index contributed by atoms with van der Waals surface area (Å²) in [6, 6.07) is 11.6. The van der Waals surface area contributed by atoms with E-state index < -0.39 is 28.6 Å². The van der Waals surface area contributed by atoms with Gasteiger partial charge in [-0.1, -0.05) is 37.7 Å². The highest BCUT2D eigenvalue weighted by atomic mass is 32.2. The SMILES string of the molecule is COc1ccccc1Oc1c(NS(=O)(=O)c2ccc(C(C)C)s2)nc(-c2ncccn2)nc1SCC(=O)NCC(O)CO. The van der Waals surface area contributed by atoms with Crippen LogP contribution in [-0.4, -0.2) is 76.6 Å². The number of methoxy groups -OCH3 is 1. The molecule has 4 N–H and O–H groups in total. The normalized spacial score (nSPS) is 12.1. The lowest BCUT2D eigenvalue weighted by Crippen LogP contribution is -2.34. The molecule has 0 aliphatic rings. The van der Waals surface area contributed by atoms with Crippen LogP contribution < -0.4 is 19.5 Å². The van der Waals surface area contributed by atoms with Gasteiger partial charge in [0.25, 0.3) is 10.0 Å². The quantitative estimate of drug-likeness (QED) is 0.116. The number of ether oxygens (including phenoxy) is 2. The van der Waals surface area contributed by atoms with Crippen molar-refractivity contribution in [3.8, 4) is 28.9 Å². The van der Waals surface area contributed by atoms with E-state index in [4.69, 9.17) is 14.6 Å². The van der Waals surface area contributed by atoms with Crippen LogP contribution in [0.2, 0.25) is 0 Å². The molecule has 0 aliphatic carbocycles. The zero-order chi connectivity index (χ0) is 31.0. The van der Waals surface area contributed by atoms with Gasteiger partial charge < -0.3 is 25.0 Å². The molecule has 3 aromatic heterocycles. The lowest BCUT2D eigenvalue weighted by atomic mass is 10.2. The topological polar surface area (TPSA) is 186 Å². The smallest absolute Gasteiger partial charge is 0.272 e. The molecule has 1 unspecified atom stereocenters. The van der Waals surface area contributed by atoms with E-state index >= 15 is 0 Å². The Bertz CT molecular complexity index is 1650. The first kappa shape index (κ1) is 32.1. The van der Waals surface area contributed by atoms with Crippen LogP contribution in [0.4, 0.5) is 5.82 Å². The van der Waals surface area contributed by atoms with Crippen molar-refractivity contribution in [2.75, 3.05) is 30.7 Å². The van der Waals surface area contributed by atoms with Crippen LogP contribution in [0.5, 0.6) is 17.2 Å². The monoisotopic (exact) mass is 646 g/mol. The van der Waals surface area contributed by atoms with Crippen molar-refractivity contribution in [3.05, 3.63) is 59.7 Å². The third-order valence-electron chi connectivity index (χ3n) is 5.63. The van der Waals surface area contributed by atoms with E-state index in [0.717, 1.165) is 28.0 Å². The maximum absolute atomic E-state index is 13.6. The number of para-hydroxylation sites is 2. The van der Waals surface area contributed by atoms with Crippen molar-refractivity contribution in [1.82, 2.24) is 25.3 Å². The molecule has 1 amide bonds. The van der Waals surface area contributed by atoms with E-state index in [-0.39, 0.29) is 56.4 Å². The predicted molar refractivity (Wildman–Crippen MR) is 162 cm³/mol. The summed E-state index contributed by atoms with van der Waals surface area (Å²) in [5.41, 5.74) is 0. The number of nitrogens with zero attached hydrogens (tertiary/aromatic N) is 4. The molecule has 3 heterocycles. The molecule has 4 rings (SSSR count). The summed E-state index contributed by atoms with van der Waals surface area (Å²) < 4.78 is 41.4. The van der Waals surface area contributed by atoms with E-state index in [9.17, 15) is 18.3 Å². The second-order valence-corrected chi connectivity index (χ2v) is 13.2. The summed E-state index contributed by atoms with van der Waals surface area (Å²) in [6.07, 6.45) is 1.86. The molecule has 4 aromatic rings. The van der Waals surface area contributed by atoms with E-state index in [1.54, 1.807) is 36.4 Å². The molecule has 43 heavy (non-hydrogen) atoms. The lowest BCUT2D eigenvalue weighted by Gasteiger charge is -2.17. The fraction of sp³-hybridized carbons (Fsp3) is 0.296. The van der Waals surface area contributed by atoms with Gasteiger partial charge in [0.2, 0.25) is 17.5 Å². The van der Waals surface area contributed by atoms with Gasteiger partial charge in [0, 0.05) is 23.8 Å². The van der Waals surface area contributed by atoms with E-state index in [2.05, 4.69) is 30.0 Å². The van der Waals surface area contributed by atoms with E-state index in [1.807, 2.05) is 13.8 Å². The van der Waals surface area contributed by atoms with E-state index in [1.165, 1.54) is 25.6 Å². The molecule has 1 atom stereocenters. The van der Waals surface area contributed by atoms with Crippen LogP contribution >= 0.6 is 23.1 Å². The number of rotatable bonds is 14. The molecule has 0 bridgehead atoms. The van der Waals surface area contributed by atoms with Crippen molar-refractivity contribution >= 4 is 44.8 Å². The summed E-state index contributed by atoms with van der Waals surface area (Å²) in [7, 11) is -2.68. The number of amides is 1. The Balaban J connectivity index is 1.81. The molecule has 0 saturated heterocycles. The van der Waals surface area contributed by atoms with Crippen molar-refractivity contribution in [2.24, 2.45) is 0 Å². The number of hydrogen-bond acceptors (Lipinski definition) is 13. The number of anilines is 1. The number of benzene rings is 1. The van der Waals surface area contributed by atoms with Gasteiger partial charge >= 0.3 is 0 Å². The summed E-state index contributed by atoms with van der Waals surface area (Å²) >= 11 is 2.07. The first-order valence-electron chi connectivity index (χ1n) is 12.9. The Morgan fingerprint density at radius 3 is 2.42 bits per heavy atom. The number of aromatic nitrogens is 4. The molecular formula is C27H30N6O7S3. The Morgan fingerprint density at radius 1 is 1.05 bits per heavy atom. The lowest BCUT2D eigenvalue weighted by molar-refractivity contribution is -0.119. The number of aliphatic hydroxyl groups excluding tert-OH is 2. The summed E-state index contributed by atoms with van der Waals surface area (Å²) in [5, 5.41) is 21.2. The highest BCUT2D eigenvalue weighted by molar-refractivity contribution is 8.00. The molecule has 16 heteroatoms. The minimum atomic E-state index is -4.14. The highest BCUT2D eigenvalue weighted by Crippen LogP contribution is 2.42. The number of hydrogen-bond donors (Lipinski definition) is 4. The molecule has 0 aliphatic heterocycles. The van der Waals surface area contributed by atoms with E-state index in [0.29, 0.717) is 5.75 Å². The molecule has 0 fully saturated rings. The summed E-state index contributed by atoms with van der Waals surface area (Å²) in [5.74, 6) is -0.123. The van der Waals surface area contributed by atoms with Crippen LogP contribution in [0.3, 0.4) is 0 Å². The minimum absolute atomic E-state index is 0.0154. The standard InChI is InChI=1S/C27H30N6O7S3/c1-16(2)20-9-10-22(42-20)43(37,38)33-24-23(40-19-8-5-4-7-18(19)39-3)27(41-15-21(36)30-13-17(35)14-34)32-26(31-24)25-28-11-6-12-29-25/h4-12,16-17,34-35H,13-15H2,1-3H3,(H,30,36)(H,31,32,33). The van der Waals surface area contributed by atoms with Crippen molar-refractivity contribution in [1.29, 1.82) is 0 Å². The molecule has 228 valence electrons. The summed E-state index contributed by atoms with van der Waals surface area (Å²) in [6.45, 7) is 3.27. The number of carbonyl (C=O) groups is 1. The van der Waals surface area contributed by atoms with Crippen molar-refractivity contribution < 1.29 is 32.9 Å².